The molecular formula is C21H23N3O7S. The van der Waals surface area contributed by atoms with Crippen LogP contribution in [0.1, 0.15) is 24.5 Å². The van der Waals surface area contributed by atoms with Gasteiger partial charge in [-0.15, -0.1) is 0 Å². The first-order valence-corrected chi connectivity index (χ1v) is 11.4. The van der Waals surface area contributed by atoms with Crippen LogP contribution in [0, 0.1) is 17.0 Å². The van der Waals surface area contributed by atoms with Gasteiger partial charge >= 0.3 is 5.97 Å². The molecule has 0 saturated heterocycles. The number of hydrogen-bond acceptors (Lipinski definition) is 7. The minimum atomic E-state index is -3.93. The number of ether oxygens (including phenoxy) is 1. The van der Waals surface area contributed by atoms with Gasteiger partial charge in [-0.25, -0.2) is 8.42 Å². The lowest BCUT2D eigenvalue weighted by Gasteiger charge is -2.29. The quantitative estimate of drug-likeness (QED) is 0.379. The normalized spacial score (nSPS) is 14.4. The molecule has 1 aliphatic rings. The van der Waals surface area contributed by atoms with Gasteiger partial charge in [-0.2, -0.15) is 4.72 Å². The maximum Gasteiger partial charge on any atom is 0.324 e. The zero-order chi connectivity index (χ0) is 23.5. The predicted molar refractivity (Wildman–Crippen MR) is 116 cm³/mol. The van der Waals surface area contributed by atoms with Crippen LogP contribution >= 0.6 is 0 Å². The summed E-state index contributed by atoms with van der Waals surface area (Å²) in [4.78, 5) is 36.8. The summed E-state index contributed by atoms with van der Waals surface area (Å²) < 4.78 is 32.1. The highest BCUT2D eigenvalue weighted by Gasteiger charge is 2.27. The maximum atomic E-state index is 12.6. The number of hydrogen-bond donors (Lipinski definition) is 1. The van der Waals surface area contributed by atoms with Gasteiger partial charge in [0.15, 0.2) is 6.61 Å². The van der Waals surface area contributed by atoms with Gasteiger partial charge in [-0.3, -0.25) is 19.7 Å². The van der Waals surface area contributed by atoms with Gasteiger partial charge in [0.25, 0.3) is 11.6 Å². The average Bonchev–Trinajstić information content (AvgIpc) is 2.76. The van der Waals surface area contributed by atoms with Crippen LogP contribution in [0.25, 0.3) is 0 Å². The number of nitrogens with zero attached hydrogens (tertiary/aromatic N) is 2. The summed E-state index contributed by atoms with van der Waals surface area (Å²) in [5, 5.41) is 11.0. The van der Waals surface area contributed by atoms with E-state index in [4.69, 9.17) is 4.74 Å². The first-order valence-electron chi connectivity index (χ1n) is 9.92. The molecule has 1 aliphatic heterocycles. The van der Waals surface area contributed by atoms with E-state index in [0.29, 0.717) is 30.6 Å². The number of benzene rings is 2. The van der Waals surface area contributed by atoms with Crippen LogP contribution in [-0.2, 0) is 30.8 Å². The smallest absolute Gasteiger partial charge is 0.324 e. The van der Waals surface area contributed by atoms with Crippen molar-refractivity contribution in [2.75, 3.05) is 18.1 Å². The summed E-state index contributed by atoms with van der Waals surface area (Å²) in [6.07, 6.45) is 1.21. The minimum Gasteiger partial charge on any atom is -0.454 e. The summed E-state index contributed by atoms with van der Waals surface area (Å²) >= 11 is 0. The molecule has 11 heteroatoms. The van der Waals surface area contributed by atoms with Crippen molar-refractivity contribution < 1.29 is 27.7 Å². The average molecular weight is 461 g/mol. The molecular weight excluding hydrogens is 438 g/mol. The van der Waals surface area contributed by atoms with Crippen LogP contribution in [0.3, 0.4) is 0 Å². The third-order valence-electron chi connectivity index (χ3n) is 5.05. The van der Waals surface area contributed by atoms with Gasteiger partial charge in [-0.05, 0) is 50.5 Å². The number of rotatable bonds is 7. The predicted octanol–water partition coefficient (Wildman–Crippen LogP) is 2.09. The van der Waals surface area contributed by atoms with E-state index >= 15 is 0 Å². The maximum absolute atomic E-state index is 12.6. The first-order chi connectivity index (χ1) is 15.1. The molecule has 32 heavy (non-hydrogen) atoms. The van der Waals surface area contributed by atoms with Crippen molar-refractivity contribution in [2.24, 2.45) is 0 Å². The fourth-order valence-corrected chi connectivity index (χ4v) is 4.55. The van der Waals surface area contributed by atoms with Gasteiger partial charge in [0.1, 0.15) is 6.04 Å². The van der Waals surface area contributed by atoms with Crippen molar-refractivity contribution in [1.82, 2.24) is 4.72 Å². The van der Waals surface area contributed by atoms with Crippen molar-refractivity contribution in [3.8, 4) is 0 Å². The van der Waals surface area contributed by atoms with Crippen molar-refractivity contribution in [1.29, 1.82) is 0 Å². The summed E-state index contributed by atoms with van der Waals surface area (Å²) in [5.41, 5.74) is 2.04. The lowest BCUT2D eigenvalue weighted by Crippen LogP contribution is -2.42. The first kappa shape index (κ1) is 23.4. The lowest BCUT2D eigenvalue weighted by atomic mass is 10.0. The SMILES string of the molecule is Cc1ccc(S(=O)(=O)N[C@@H](C)C(=O)OCC(=O)N2CCCc3cc([N+](=O)[O-])ccc32)cc1. The Morgan fingerprint density at radius 1 is 1.22 bits per heavy atom. The second-order valence-corrected chi connectivity index (χ2v) is 9.20. The van der Waals surface area contributed by atoms with Crippen LogP contribution in [0.5, 0.6) is 0 Å². The highest BCUT2D eigenvalue weighted by molar-refractivity contribution is 7.89. The van der Waals surface area contributed by atoms with E-state index in [1.54, 1.807) is 12.1 Å². The van der Waals surface area contributed by atoms with E-state index in [1.165, 1.54) is 42.2 Å². The lowest BCUT2D eigenvalue weighted by molar-refractivity contribution is -0.384. The second kappa shape index (κ2) is 9.45. The molecule has 1 amide bonds. The molecule has 1 heterocycles. The molecule has 0 bridgehead atoms. The van der Waals surface area contributed by atoms with E-state index in [2.05, 4.69) is 4.72 Å². The third-order valence-corrected chi connectivity index (χ3v) is 6.60. The van der Waals surface area contributed by atoms with Crippen molar-refractivity contribution in [2.45, 2.75) is 37.6 Å². The second-order valence-electron chi connectivity index (χ2n) is 7.48. The Kier molecular flexibility index (Phi) is 6.90. The highest BCUT2D eigenvalue weighted by atomic mass is 32.2. The number of anilines is 1. The number of carbonyl (C=O) groups excluding carboxylic acids is 2. The molecule has 0 radical (unpaired) electrons. The Labute approximate surface area is 185 Å². The van der Waals surface area contributed by atoms with Crippen LogP contribution < -0.4 is 9.62 Å². The van der Waals surface area contributed by atoms with Crippen molar-refractivity contribution in [3.63, 3.8) is 0 Å². The van der Waals surface area contributed by atoms with Crippen LogP contribution in [0.2, 0.25) is 0 Å². The van der Waals surface area contributed by atoms with E-state index in [-0.39, 0.29) is 10.6 Å². The number of nitro groups is 1. The number of amides is 1. The molecule has 0 spiro atoms. The highest BCUT2D eigenvalue weighted by Crippen LogP contribution is 2.30. The molecule has 0 unspecified atom stereocenters. The number of non-ortho nitro benzene ring substituents is 1. The number of carbonyl (C=O) groups is 2. The van der Waals surface area contributed by atoms with E-state index in [1.807, 2.05) is 6.92 Å². The number of sulfonamides is 1. The van der Waals surface area contributed by atoms with Gasteiger partial charge in [0.2, 0.25) is 10.0 Å². The molecule has 2 aromatic carbocycles. The number of fused-ring (bicyclic) bond motifs is 1. The number of esters is 1. The van der Waals surface area contributed by atoms with E-state index in [9.17, 15) is 28.1 Å². The molecule has 0 aromatic heterocycles. The number of nitro benzene ring substituents is 1. The van der Waals surface area contributed by atoms with Gasteiger partial charge in [0, 0.05) is 24.4 Å². The Bertz CT molecular complexity index is 1150. The van der Waals surface area contributed by atoms with Crippen molar-refractivity contribution >= 4 is 33.3 Å². The molecule has 0 saturated carbocycles. The summed E-state index contributed by atoms with van der Waals surface area (Å²) in [6.45, 7) is 2.96. The van der Waals surface area contributed by atoms with Gasteiger partial charge < -0.3 is 9.64 Å². The molecule has 1 N–H and O–H groups in total. The van der Waals surface area contributed by atoms with E-state index in [0.717, 1.165) is 5.56 Å². The van der Waals surface area contributed by atoms with Crippen LogP contribution in [-0.4, -0.2) is 44.4 Å². The summed E-state index contributed by atoms with van der Waals surface area (Å²) in [5.74, 6) is -1.39. The standard InChI is InChI=1S/C21H23N3O7S/c1-14-5-8-18(9-6-14)32(29,30)22-15(2)21(26)31-13-20(25)23-11-3-4-16-12-17(24(27)28)7-10-19(16)23/h5-10,12,15,22H,3-4,11,13H2,1-2H3/t15-/m0/s1. The monoisotopic (exact) mass is 461 g/mol. The molecule has 10 nitrogen and oxygen atoms in total. The molecule has 2 aromatic rings. The van der Waals surface area contributed by atoms with Gasteiger partial charge in [-0.1, -0.05) is 17.7 Å². The van der Waals surface area contributed by atoms with Crippen molar-refractivity contribution in [3.05, 3.63) is 63.7 Å². The fraction of sp³-hybridized carbons (Fsp3) is 0.333. The Morgan fingerprint density at radius 2 is 1.91 bits per heavy atom. The van der Waals surface area contributed by atoms with Gasteiger partial charge in [0.05, 0.1) is 9.82 Å². The minimum absolute atomic E-state index is 0.0119. The molecule has 1 atom stereocenters. The third kappa shape index (κ3) is 5.29. The van der Waals surface area contributed by atoms with Crippen LogP contribution in [0.15, 0.2) is 47.4 Å². The van der Waals surface area contributed by atoms with Crippen LogP contribution in [0.4, 0.5) is 11.4 Å². The molecule has 3 rings (SSSR count). The fourth-order valence-electron chi connectivity index (χ4n) is 3.36. The number of aryl methyl sites for hydroxylation is 2. The van der Waals surface area contributed by atoms with E-state index < -0.39 is 39.5 Å². The zero-order valence-electron chi connectivity index (χ0n) is 17.6. The Hall–Kier alpha value is -3.31. The summed E-state index contributed by atoms with van der Waals surface area (Å²) in [7, 11) is -3.93. The Morgan fingerprint density at radius 3 is 2.56 bits per heavy atom. The molecule has 170 valence electrons. The molecule has 0 fully saturated rings. The zero-order valence-corrected chi connectivity index (χ0v) is 18.4. The largest absolute Gasteiger partial charge is 0.454 e. The summed E-state index contributed by atoms with van der Waals surface area (Å²) in [6, 6.07) is 9.19. The number of nitrogens with one attached hydrogen (secondary N) is 1. The Balaban J connectivity index is 1.61. The molecule has 0 aliphatic carbocycles. The topological polar surface area (TPSA) is 136 Å².